The summed E-state index contributed by atoms with van der Waals surface area (Å²) in [4.78, 5) is 19.4. The Hall–Kier alpha value is -3.12. The molecule has 0 aliphatic carbocycles. The monoisotopic (exact) mass is 352 g/mol. The molecule has 4 aromatic rings. The van der Waals surface area contributed by atoms with Crippen LogP contribution in [0.15, 0.2) is 54.9 Å². The minimum Gasteiger partial charge on any atom is -0.465 e. The number of ether oxygens (including phenoxy) is 1. The summed E-state index contributed by atoms with van der Waals surface area (Å²) in [5.74, 6) is 0.278. The fourth-order valence-electron chi connectivity index (χ4n) is 2.61. The number of rotatable bonds is 3. The largest absolute Gasteiger partial charge is 0.465 e. The second-order valence-corrected chi connectivity index (χ2v) is 5.84. The third-order valence-electron chi connectivity index (χ3n) is 3.86. The summed E-state index contributed by atoms with van der Waals surface area (Å²) in [6.45, 7) is 0. The number of fused-ring (bicyclic) bond motifs is 1. The molecule has 2 heterocycles. The second kappa shape index (κ2) is 6.07. The molecule has 6 nitrogen and oxygen atoms in total. The van der Waals surface area contributed by atoms with Gasteiger partial charge in [0.05, 0.1) is 46.2 Å². The minimum absolute atomic E-state index is 0.385. The van der Waals surface area contributed by atoms with Gasteiger partial charge in [-0.15, -0.1) is 0 Å². The average molecular weight is 353 g/mol. The number of hydrogen-bond donors (Lipinski definition) is 1. The van der Waals surface area contributed by atoms with Gasteiger partial charge in [-0.05, 0) is 30.3 Å². The van der Waals surface area contributed by atoms with Crippen LogP contribution in [0.2, 0.25) is 5.02 Å². The number of nitrogens with zero attached hydrogens (tertiary/aromatic N) is 3. The number of carbonyl (C=O) groups is 1. The lowest BCUT2D eigenvalue weighted by Crippen LogP contribution is -2.00. The van der Waals surface area contributed by atoms with Crippen molar-refractivity contribution in [2.75, 3.05) is 7.11 Å². The summed E-state index contributed by atoms with van der Waals surface area (Å²) in [5, 5.41) is 4.97. The maximum atomic E-state index is 11.6. The third kappa shape index (κ3) is 2.77. The van der Waals surface area contributed by atoms with Crippen molar-refractivity contribution in [3.8, 4) is 17.1 Å². The lowest BCUT2D eigenvalue weighted by Gasteiger charge is -2.02. The summed E-state index contributed by atoms with van der Waals surface area (Å²) in [7, 11) is 1.36. The molecule has 0 radical (unpaired) electrons. The Kier molecular flexibility index (Phi) is 3.74. The van der Waals surface area contributed by atoms with Crippen molar-refractivity contribution in [1.29, 1.82) is 0 Å². The van der Waals surface area contributed by atoms with Crippen LogP contribution in [-0.2, 0) is 4.74 Å². The number of nitrogens with one attached hydrogen (secondary N) is 1. The zero-order chi connectivity index (χ0) is 17.4. The topological polar surface area (TPSA) is 72.8 Å². The van der Waals surface area contributed by atoms with Crippen LogP contribution in [0.25, 0.3) is 28.1 Å². The van der Waals surface area contributed by atoms with Crippen molar-refractivity contribution in [2.24, 2.45) is 0 Å². The zero-order valence-electron chi connectivity index (χ0n) is 13.2. The van der Waals surface area contributed by atoms with Crippen LogP contribution in [0, 0.1) is 0 Å². The first-order chi connectivity index (χ1) is 12.2. The van der Waals surface area contributed by atoms with E-state index in [9.17, 15) is 4.79 Å². The highest BCUT2D eigenvalue weighted by Gasteiger charge is 2.12. The molecule has 4 rings (SSSR count). The number of benzene rings is 2. The summed E-state index contributed by atoms with van der Waals surface area (Å²) >= 11 is 6.21. The van der Waals surface area contributed by atoms with E-state index in [1.165, 1.54) is 7.11 Å². The van der Waals surface area contributed by atoms with Crippen LogP contribution in [0.4, 0.5) is 0 Å². The Morgan fingerprint density at radius 2 is 2.08 bits per heavy atom. The fraction of sp³-hybridized carbons (Fsp3) is 0.0556. The summed E-state index contributed by atoms with van der Waals surface area (Å²) < 4.78 is 6.44. The van der Waals surface area contributed by atoms with E-state index in [1.54, 1.807) is 29.1 Å². The van der Waals surface area contributed by atoms with Crippen LogP contribution >= 0.6 is 11.6 Å². The molecule has 0 unspecified atom stereocenters. The Balaban J connectivity index is 1.73. The van der Waals surface area contributed by atoms with E-state index >= 15 is 0 Å². The van der Waals surface area contributed by atoms with Crippen molar-refractivity contribution in [2.45, 2.75) is 0 Å². The molecular weight excluding hydrogens is 340 g/mol. The SMILES string of the molecule is COC(=O)c1ccc2nc(-c3cnn(-c4ccccc4Cl)c3)[nH]c2c1. The molecule has 2 aromatic carbocycles. The van der Waals surface area contributed by atoms with Crippen LogP contribution < -0.4 is 0 Å². The standard InChI is InChI=1S/C18H13ClN4O2/c1-25-18(24)11-6-7-14-15(8-11)22-17(21-14)12-9-20-23(10-12)16-5-3-2-4-13(16)19/h2-10H,1H3,(H,21,22). The highest BCUT2D eigenvalue weighted by atomic mass is 35.5. The molecule has 0 aliphatic rings. The van der Waals surface area contributed by atoms with Crippen LogP contribution in [0.3, 0.4) is 0 Å². The summed E-state index contributed by atoms with van der Waals surface area (Å²) in [6, 6.07) is 12.7. The van der Waals surface area contributed by atoms with Gasteiger partial charge in [0.25, 0.3) is 0 Å². The maximum absolute atomic E-state index is 11.6. The lowest BCUT2D eigenvalue weighted by atomic mass is 10.2. The molecule has 25 heavy (non-hydrogen) atoms. The highest BCUT2D eigenvalue weighted by Crippen LogP contribution is 2.24. The van der Waals surface area contributed by atoms with Crippen molar-refractivity contribution in [3.05, 3.63) is 65.4 Å². The molecule has 2 aromatic heterocycles. The number of hydrogen-bond acceptors (Lipinski definition) is 4. The van der Waals surface area contributed by atoms with Gasteiger partial charge in [-0.1, -0.05) is 23.7 Å². The summed E-state index contributed by atoms with van der Waals surface area (Å²) in [6.07, 6.45) is 3.56. The number of aromatic nitrogens is 4. The first-order valence-electron chi connectivity index (χ1n) is 7.54. The quantitative estimate of drug-likeness (QED) is 0.568. The Morgan fingerprint density at radius 3 is 2.88 bits per heavy atom. The number of halogens is 1. The van der Waals surface area contributed by atoms with Crippen molar-refractivity contribution in [1.82, 2.24) is 19.7 Å². The average Bonchev–Trinajstić information content (AvgIpc) is 3.27. The Bertz CT molecular complexity index is 1080. The molecule has 0 fully saturated rings. The molecule has 1 N–H and O–H groups in total. The third-order valence-corrected chi connectivity index (χ3v) is 4.18. The molecular formula is C18H13ClN4O2. The number of H-pyrrole nitrogens is 1. The smallest absolute Gasteiger partial charge is 0.337 e. The molecule has 0 spiro atoms. The number of esters is 1. The van der Waals surface area contributed by atoms with Crippen LogP contribution in [-0.4, -0.2) is 32.8 Å². The van der Waals surface area contributed by atoms with Gasteiger partial charge in [0.2, 0.25) is 0 Å². The van der Waals surface area contributed by atoms with Gasteiger partial charge >= 0.3 is 5.97 Å². The van der Waals surface area contributed by atoms with Gasteiger partial charge in [0.15, 0.2) is 0 Å². The molecule has 0 aliphatic heterocycles. The molecule has 0 saturated heterocycles. The van der Waals surface area contributed by atoms with Crippen molar-refractivity contribution in [3.63, 3.8) is 0 Å². The number of imidazole rings is 1. The minimum atomic E-state index is -0.385. The Labute approximate surface area is 148 Å². The van der Waals surface area contributed by atoms with Gasteiger partial charge < -0.3 is 9.72 Å². The zero-order valence-corrected chi connectivity index (χ0v) is 14.0. The number of para-hydroxylation sites is 1. The van der Waals surface area contributed by atoms with E-state index in [0.717, 1.165) is 22.3 Å². The van der Waals surface area contributed by atoms with Crippen molar-refractivity contribution >= 4 is 28.6 Å². The van der Waals surface area contributed by atoms with E-state index < -0.39 is 0 Å². The van der Waals surface area contributed by atoms with Gasteiger partial charge in [-0.2, -0.15) is 5.10 Å². The van der Waals surface area contributed by atoms with Crippen LogP contribution in [0.1, 0.15) is 10.4 Å². The predicted octanol–water partition coefficient (Wildman–Crippen LogP) is 3.86. The van der Waals surface area contributed by atoms with Gasteiger partial charge in [0, 0.05) is 6.20 Å². The molecule has 0 bridgehead atoms. The first kappa shape index (κ1) is 15.4. The maximum Gasteiger partial charge on any atom is 0.337 e. The molecule has 124 valence electrons. The van der Waals surface area contributed by atoms with Gasteiger partial charge in [-0.3, -0.25) is 0 Å². The second-order valence-electron chi connectivity index (χ2n) is 5.43. The fourth-order valence-corrected chi connectivity index (χ4v) is 2.83. The van der Waals surface area contributed by atoms with E-state index in [-0.39, 0.29) is 5.97 Å². The van der Waals surface area contributed by atoms with Crippen LogP contribution in [0.5, 0.6) is 0 Å². The van der Waals surface area contributed by atoms with E-state index in [4.69, 9.17) is 16.3 Å². The summed E-state index contributed by atoms with van der Waals surface area (Å²) in [5.41, 5.74) is 3.59. The molecule has 7 heteroatoms. The molecule has 0 atom stereocenters. The number of methoxy groups -OCH3 is 1. The lowest BCUT2D eigenvalue weighted by molar-refractivity contribution is 0.0601. The van der Waals surface area contributed by atoms with E-state index in [1.807, 2.05) is 30.5 Å². The van der Waals surface area contributed by atoms with Crippen molar-refractivity contribution < 1.29 is 9.53 Å². The Morgan fingerprint density at radius 1 is 1.24 bits per heavy atom. The van der Waals surface area contributed by atoms with Gasteiger partial charge in [-0.25, -0.2) is 14.5 Å². The van der Waals surface area contributed by atoms with Gasteiger partial charge in [0.1, 0.15) is 5.82 Å². The highest BCUT2D eigenvalue weighted by molar-refractivity contribution is 6.32. The molecule has 0 amide bonds. The normalized spacial score (nSPS) is 11.0. The van der Waals surface area contributed by atoms with E-state index in [0.29, 0.717) is 16.4 Å². The number of aromatic amines is 1. The first-order valence-corrected chi connectivity index (χ1v) is 7.91. The predicted molar refractivity (Wildman–Crippen MR) is 95.0 cm³/mol. The van der Waals surface area contributed by atoms with E-state index in [2.05, 4.69) is 15.1 Å². The molecule has 0 saturated carbocycles. The number of carbonyl (C=O) groups excluding carboxylic acids is 1.